The largest absolute Gasteiger partial charge is 0.489 e. The van der Waals surface area contributed by atoms with Gasteiger partial charge in [-0.3, -0.25) is 9.59 Å². The molecule has 34 heavy (non-hydrogen) atoms. The molecule has 1 N–H and O–H groups in total. The molecule has 2 aromatic carbocycles. The summed E-state index contributed by atoms with van der Waals surface area (Å²) in [7, 11) is 1.58. The lowest BCUT2D eigenvalue weighted by molar-refractivity contribution is -0.123. The Hall–Kier alpha value is -3.85. The number of anilines is 1. The highest BCUT2D eigenvalue weighted by molar-refractivity contribution is 6.31. The first-order valence-electron chi connectivity index (χ1n) is 10.7. The van der Waals surface area contributed by atoms with Gasteiger partial charge in [0.25, 0.3) is 11.8 Å². The number of carboxylic acid groups (broad SMARTS) is 1. The van der Waals surface area contributed by atoms with Crippen LogP contribution in [0.15, 0.2) is 48.5 Å². The molecule has 10 heteroatoms. The van der Waals surface area contributed by atoms with Crippen LogP contribution in [0.1, 0.15) is 32.0 Å². The lowest BCUT2D eigenvalue weighted by Crippen LogP contribution is -2.54. The summed E-state index contributed by atoms with van der Waals surface area (Å²) < 4.78 is 7.42. The summed E-state index contributed by atoms with van der Waals surface area (Å²) in [6.45, 7) is 0.612. The first kappa shape index (κ1) is 22.0. The topological polar surface area (TPSA) is 105 Å². The normalized spacial score (nSPS) is 17.6. The maximum absolute atomic E-state index is 13.4. The average molecular weight is 481 g/mol. The van der Waals surface area contributed by atoms with E-state index in [1.807, 2.05) is 30.3 Å². The van der Waals surface area contributed by atoms with Crippen LogP contribution in [-0.2, 0) is 17.8 Å². The van der Waals surface area contributed by atoms with Crippen LogP contribution in [0.4, 0.5) is 5.69 Å². The van der Waals surface area contributed by atoms with Gasteiger partial charge in [0, 0.05) is 19.2 Å². The summed E-state index contributed by atoms with van der Waals surface area (Å²) in [5, 5.41) is 14.2. The molecule has 3 aromatic rings. The van der Waals surface area contributed by atoms with E-state index in [1.165, 1.54) is 28.0 Å². The van der Waals surface area contributed by atoms with Gasteiger partial charge in [-0.1, -0.05) is 41.9 Å². The summed E-state index contributed by atoms with van der Waals surface area (Å²) in [6.07, 6.45) is 0.457. The minimum atomic E-state index is -1.09. The number of halogens is 1. The molecule has 0 bridgehead atoms. The quantitative estimate of drug-likeness (QED) is 0.615. The smallest absolute Gasteiger partial charge is 0.335 e. The molecule has 0 fully saturated rings. The van der Waals surface area contributed by atoms with Crippen LogP contribution in [0.2, 0.25) is 5.15 Å². The number of nitrogens with zero attached hydrogens (tertiary/aromatic N) is 4. The van der Waals surface area contributed by atoms with Crippen LogP contribution in [0.25, 0.3) is 0 Å². The number of ether oxygens (including phenoxy) is 1. The van der Waals surface area contributed by atoms with Crippen LogP contribution in [0, 0.1) is 0 Å². The summed E-state index contributed by atoms with van der Waals surface area (Å²) in [4.78, 5) is 40.9. The number of likely N-dealkylation sites (N-methyl/N-ethyl adjacent to an activating group) is 1. The van der Waals surface area contributed by atoms with Crippen molar-refractivity contribution in [1.29, 1.82) is 0 Å². The number of aromatic carboxylic acids is 1. The highest BCUT2D eigenvalue weighted by Crippen LogP contribution is 2.34. The van der Waals surface area contributed by atoms with Crippen molar-refractivity contribution in [3.8, 4) is 5.75 Å². The Bertz CT molecular complexity index is 1310. The van der Waals surface area contributed by atoms with Crippen LogP contribution in [-0.4, -0.2) is 63.8 Å². The number of carbonyl (C=O) groups is 3. The Morgan fingerprint density at radius 2 is 1.97 bits per heavy atom. The molecule has 174 valence electrons. The second-order valence-electron chi connectivity index (χ2n) is 8.22. The van der Waals surface area contributed by atoms with Crippen molar-refractivity contribution >= 4 is 35.1 Å². The second-order valence-corrected chi connectivity index (χ2v) is 8.58. The van der Waals surface area contributed by atoms with Gasteiger partial charge in [-0.15, -0.1) is 0 Å². The van der Waals surface area contributed by atoms with Crippen molar-refractivity contribution in [2.24, 2.45) is 0 Å². The predicted octanol–water partition coefficient (Wildman–Crippen LogP) is 2.71. The molecule has 2 amide bonds. The Labute approximate surface area is 200 Å². The standard InChI is InChI=1S/C24H21ClN4O5/c1-27-17-8-7-15(24(32)33)11-19(17)34-13-18(22(27)30)28-10-9-16-20(23(28)31)26-29(21(16)25)12-14-5-3-2-4-6-14/h2-8,11,18H,9-10,12-13H2,1H3,(H,32,33)/t18-/m0/s1. The molecule has 0 aliphatic carbocycles. The number of carboxylic acids is 1. The van der Waals surface area contributed by atoms with Crippen molar-refractivity contribution in [2.45, 2.75) is 19.0 Å². The van der Waals surface area contributed by atoms with Crippen LogP contribution >= 0.6 is 11.6 Å². The number of aromatic nitrogens is 2. The van der Waals surface area contributed by atoms with Crippen LogP contribution < -0.4 is 9.64 Å². The van der Waals surface area contributed by atoms with E-state index < -0.39 is 12.0 Å². The molecule has 0 saturated carbocycles. The molecule has 0 unspecified atom stereocenters. The predicted molar refractivity (Wildman–Crippen MR) is 124 cm³/mol. The van der Waals surface area contributed by atoms with Gasteiger partial charge in [0.2, 0.25) is 0 Å². The van der Waals surface area contributed by atoms with Crippen molar-refractivity contribution in [3.05, 3.63) is 76.1 Å². The van der Waals surface area contributed by atoms with Crippen molar-refractivity contribution < 1.29 is 24.2 Å². The Kier molecular flexibility index (Phi) is 5.49. The SMILES string of the molecule is CN1C(=O)[C@@H](N2CCc3c(nn(Cc4ccccc4)c3Cl)C2=O)COc2cc(C(=O)O)ccc21. The number of hydrogen-bond acceptors (Lipinski definition) is 5. The molecular weight excluding hydrogens is 460 g/mol. The highest BCUT2D eigenvalue weighted by Gasteiger charge is 2.41. The third-order valence-electron chi connectivity index (χ3n) is 6.18. The first-order valence-corrected chi connectivity index (χ1v) is 11.1. The highest BCUT2D eigenvalue weighted by atomic mass is 35.5. The lowest BCUT2D eigenvalue weighted by Gasteiger charge is -2.33. The first-order chi connectivity index (χ1) is 16.3. The van der Waals surface area contributed by atoms with Gasteiger partial charge in [-0.25, -0.2) is 9.48 Å². The number of amides is 2. The summed E-state index contributed by atoms with van der Waals surface area (Å²) in [5.41, 5.74) is 2.40. The molecule has 0 saturated heterocycles. The van der Waals surface area contributed by atoms with E-state index in [0.717, 1.165) is 5.56 Å². The molecule has 2 aliphatic heterocycles. The van der Waals surface area contributed by atoms with E-state index in [1.54, 1.807) is 11.7 Å². The third kappa shape index (κ3) is 3.67. The van der Waals surface area contributed by atoms with E-state index in [2.05, 4.69) is 5.10 Å². The van der Waals surface area contributed by atoms with E-state index in [9.17, 15) is 19.5 Å². The molecule has 9 nitrogen and oxygen atoms in total. The molecule has 3 heterocycles. The van der Waals surface area contributed by atoms with Gasteiger partial charge in [-0.2, -0.15) is 5.10 Å². The Balaban J connectivity index is 1.41. The third-order valence-corrected chi connectivity index (χ3v) is 6.60. The van der Waals surface area contributed by atoms with Crippen LogP contribution in [0.5, 0.6) is 5.75 Å². The number of hydrogen-bond donors (Lipinski definition) is 1. The maximum Gasteiger partial charge on any atom is 0.335 e. The zero-order chi connectivity index (χ0) is 24.0. The molecule has 1 aromatic heterocycles. The zero-order valence-electron chi connectivity index (χ0n) is 18.3. The summed E-state index contributed by atoms with van der Waals surface area (Å²) in [6, 6.07) is 13.1. The monoisotopic (exact) mass is 480 g/mol. The van der Waals surface area contributed by atoms with Crippen molar-refractivity contribution in [3.63, 3.8) is 0 Å². The summed E-state index contributed by atoms with van der Waals surface area (Å²) >= 11 is 6.55. The lowest BCUT2D eigenvalue weighted by atomic mass is 10.0. The van der Waals surface area contributed by atoms with E-state index >= 15 is 0 Å². The molecule has 0 spiro atoms. The van der Waals surface area contributed by atoms with Crippen molar-refractivity contribution in [1.82, 2.24) is 14.7 Å². The molecular formula is C24H21ClN4O5. The van der Waals surface area contributed by atoms with E-state index in [0.29, 0.717) is 29.4 Å². The maximum atomic E-state index is 13.4. The summed E-state index contributed by atoms with van der Waals surface area (Å²) in [5.74, 6) is -1.53. The van der Waals surface area contributed by atoms with Gasteiger partial charge in [-0.05, 0) is 30.2 Å². The molecule has 2 aliphatic rings. The number of benzene rings is 2. The van der Waals surface area contributed by atoms with Gasteiger partial charge < -0.3 is 19.6 Å². The fourth-order valence-corrected chi connectivity index (χ4v) is 4.63. The van der Waals surface area contributed by atoms with Crippen molar-refractivity contribution in [2.75, 3.05) is 25.1 Å². The molecule has 0 radical (unpaired) electrons. The minimum absolute atomic E-state index is 0.0512. The number of carbonyl (C=O) groups excluding carboxylic acids is 2. The van der Waals surface area contributed by atoms with Gasteiger partial charge in [0.15, 0.2) is 5.69 Å². The van der Waals surface area contributed by atoms with Gasteiger partial charge in [0.1, 0.15) is 23.6 Å². The second kappa shape index (κ2) is 8.49. The molecule has 1 atom stereocenters. The van der Waals surface area contributed by atoms with E-state index in [4.69, 9.17) is 16.3 Å². The zero-order valence-corrected chi connectivity index (χ0v) is 19.0. The number of fused-ring (bicyclic) bond motifs is 2. The molecule has 5 rings (SSSR count). The van der Waals surface area contributed by atoms with E-state index in [-0.39, 0.29) is 42.0 Å². The fourth-order valence-electron chi connectivity index (χ4n) is 4.35. The van der Waals surface area contributed by atoms with Crippen LogP contribution in [0.3, 0.4) is 0 Å². The Morgan fingerprint density at radius 1 is 1.21 bits per heavy atom. The van der Waals surface area contributed by atoms with Gasteiger partial charge >= 0.3 is 5.97 Å². The van der Waals surface area contributed by atoms with Gasteiger partial charge in [0.05, 0.1) is 17.8 Å². The fraction of sp³-hybridized carbons (Fsp3) is 0.250. The number of rotatable bonds is 4. The minimum Gasteiger partial charge on any atom is -0.489 e. The average Bonchev–Trinajstić information content (AvgIpc) is 3.09. The Morgan fingerprint density at radius 3 is 2.71 bits per heavy atom.